The number of nitrogens with one attached hydrogen (secondary N) is 2. The summed E-state index contributed by atoms with van der Waals surface area (Å²) in [5.41, 5.74) is -0.245. The third-order valence-electron chi connectivity index (χ3n) is 3.16. The van der Waals surface area contributed by atoms with Gasteiger partial charge in [0.05, 0.1) is 12.6 Å². The predicted molar refractivity (Wildman–Crippen MR) is 69.0 cm³/mol. The molecule has 102 valence electrons. The van der Waals surface area contributed by atoms with Crippen LogP contribution in [-0.4, -0.2) is 47.4 Å². The van der Waals surface area contributed by atoms with E-state index in [0.29, 0.717) is 12.6 Å². The molecular weight excluding hydrogens is 230 g/mol. The molecule has 2 aliphatic rings. The zero-order valence-corrected chi connectivity index (χ0v) is 11.5. The molecule has 2 N–H and O–H groups in total. The van der Waals surface area contributed by atoms with Gasteiger partial charge in [0, 0.05) is 18.1 Å². The SMILES string of the molecule is CC(C)(C)NC(=O)CN1CCC(NC2CC2)C1=O. The van der Waals surface area contributed by atoms with Crippen LogP contribution in [0.4, 0.5) is 0 Å². The van der Waals surface area contributed by atoms with Crippen molar-refractivity contribution >= 4 is 11.8 Å². The second kappa shape index (κ2) is 4.88. The molecule has 1 saturated heterocycles. The molecule has 0 aromatic heterocycles. The smallest absolute Gasteiger partial charge is 0.240 e. The molecule has 2 amide bonds. The Labute approximate surface area is 108 Å². The van der Waals surface area contributed by atoms with Crippen molar-refractivity contribution < 1.29 is 9.59 Å². The van der Waals surface area contributed by atoms with E-state index < -0.39 is 0 Å². The molecule has 18 heavy (non-hydrogen) atoms. The summed E-state index contributed by atoms with van der Waals surface area (Å²) in [7, 11) is 0. The minimum absolute atomic E-state index is 0.0695. The minimum Gasteiger partial charge on any atom is -0.350 e. The van der Waals surface area contributed by atoms with Crippen molar-refractivity contribution in [2.45, 2.75) is 57.7 Å². The first kappa shape index (κ1) is 13.3. The number of hydrogen-bond acceptors (Lipinski definition) is 3. The lowest BCUT2D eigenvalue weighted by Crippen LogP contribution is -2.47. The molecule has 1 unspecified atom stereocenters. The van der Waals surface area contributed by atoms with Gasteiger partial charge in [0.2, 0.25) is 11.8 Å². The van der Waals surface area contributed by atoms with Crippen LogP contribution in [0, 0.1) is 0 Å². The van der Waals surface area contributed by atoms with E-state index in [0.717, 1.165) is 6.42 Å². The van der Waals surface area contributed by atoms with E-state index in [1.165, 1.54) is 12.8 Å². The molecule has 1 heterocycles. The molecular formula is C13H23N3O2. The summed E-state index contributed by atoms with van der Waals surface area (Å²) in [5, 5.41) is 6.21. The van der Waals surface area contributed by atoms with Crippen LogP contribution in [0.2, 0.25) is 0 Å². The van der Waals surface area contributed by atoms with Gasteiger partial charge in [-0.3, -0.25) is 9.59 Å². The van der Waals surface area contributed by atoms with Gasteiger partial charge >= 0.3 is 0 Å². The monoisotopic (exact) mass is 253 g/mol. The van der Waals surface area contributed by atoms with Gasteiger partial charge in [-0.1, -0.05) is 0 Å². The van der Waals surface area contributed by atoms with Crippen molar-refractivity contribution in [3.05, 3.63) is 0 Å². The van der Waals surface area contributed by atoms with Crippen molar-refractivity contribution in [1.82, 2.24) is 15.5 Å². The summed E-state index contributed by atoms with van der Waals surface area (Å²) in [6, 6.07) is 0.460. The third-order valence-corrected chi connectivity index (χ3v) is 3.16. The van der Waals surface area contributed by atoms with Crippen LogP contribution in [0.25, 0.3) is 0 Å². The van der Waals surface area contributed by atoms with Crippen LogP contribution in [0.3, 0.4) is 0 Å². The fourth-order valence-corrected chi connectivity index (χ4v) is 2.22. The summed E-state index contributed by atoms with van der Waals surface area (Å²) < 4.78 is 0. The topological polar surface area (TPSA) is 61.4 Å². The van der Waals surface area contributed by atoms with Gasteiger partial charge in [0.1, 0.15) is 0 Å². The van der Waals surface area contributed by atoms with E-state index in [1.807, 2.05) is 20.8 Å². The first-order chi connectivity index (χ1) is 8.35. The average Bonchev–Trinajstić information content (AvgIpc) is 2.96. The van der Waals surface area contributed by atoms with Gasteiger partial charge in [0.15, 0.2) is 0 Å². The second-order valence-corrected chi connectivity index (χ2v) is 6.34. The summed E-state index contributed by atoms with van der Waals surface area (Å²) in [6.45, 7) is 6.68. The van der Waals surface area contributed by atoms with Crippen molar-refractivity contribution in [2.75, 3.05) is 13.1 Å². The highest BCUT2D eigenvalue weighted by Crippen LogP contribution is 2.22. The van der Waals surface area contributed by atoms with Crippen LogP contribution in [0.15, 0.2) is 0 Å². The molecule has 0 aromatic carbocycles. The quantitative estimate of drug-likeness (QED) is 0.755. The van der Waals surface area contributed by atoms with Gasteiger partial charge in [-0.15, -0.1) is 0 Å². The average molecular weight is 253 g/mol. The molecule has 0 bridgehead atoms. The first-order valence-corrected chi connectivity index (χ1v) is 6.71. The van der Waals surface area contributed by atoms with E-state index in [2.05, 4.69) is 10.6 Å². The standard InChI is InChI=1S/C13H23N3O2/c1-13(2,3)15-11(17)8-16-7-6-10(12(16)18)14-9-4-5-9/h9-10,14H,4-8H2,1-3H3,(H,15,17). The normalized spacial score (nSPS) is 24.5. The van der Waals surface area contributed by atoms with E-state index >= 15 is 0 Å². The van der Waals surface area contributed by atoms with Crippen LogP contribution < -0.4 is 10.6 Å². The molecule has 5 nitrogen and oxygen atoms in total. The predicted octanol–water partition coefficient (Wildman–Crippen LogP) is 0.254. The summed E-state index contributed by atoms with van der Waals surface area (Å²) in [6.07, 6.45) is 3.17. The van der Waals surface area contributed by atoms with E-state index in [1.54, 1.807) is 4.90 Å². The highest BCUT2D eigenvalue weighted by Gasteiger charge is 2.36. The molecule has 1 saturated carbocycles. The maximum absolute atomic E-state index is 12.1. The Morgan fingerprint density at radius 2 is 2.00 bits per heavy atom. The largest absolute Gasteiger partial charge is 0.350 e. The Kier molecular flexibility index (Phi) is 3.61. The van der Waals surface area contributed by atoms with E-state index in [9.17, 15) is 9.59 Å². The summed E-state index contributed by atoms with van der Waals surface area (Å²) >= 11 is 0. The minimum atomic E-state index is -0.245. The third kappa shape index (κ3) is 3.70. The molecule has 0 spiro atoms. The Bertz CT molecular complexity index is 345. The number of carbonyl (C=O) groups excluding carboxylic acids is 2. The van der Waals surface area contributed by atoms with Crippen LogP contribution in [0.1, 0.15) is 40.0 Å². The molecule has 0 radical (unpaired) electrons. The molecule has 1 aliphatic heterocycles. The zero-order valence-electron chi connectivity index (χ0n) is 11.5. The second-order valence-electron chi connectivity index (χ2n) is 6.34. The van der Waals surface area contributed by atoms with Crippen molar-refractivity contribution in [2.24, 2.45) is 0 Å². The highest BCUT2D eigenvalue weighted by atomic mass is 16.2. The van der Waals surface area contributed by atoms with Crippen molar-refractivity contribution in [3.63, 3.8) is 0 Å². The summed E-state index contributed by atoms with van der Waals surface area (Å²) in [5.74, 6) is -0.00567. The number of nitrogens with zero attached hydrogens (tertiary/aromatic N) is 1. The number of likely N-dealkylation sites (tertiary alicyclic amines) is 1. The van der Waals surface area contributed by atoms with Gasteiger partial charge in [-0.25, -0.2) is 0 Å². The number of amides is 2. The highest BCUT2D eigenvalue weighted by molar-refractivity contribution is 5.89. The Morgan fingerprint density at radius 3 is 2.56 bits per heavy atom. The van der Waals surface area contributed by atoms with Crippen molar-refractivity contribution in [1.29, 1.82) is 0 Å². The first-order valence-electron chi connectivity index (χ1n) is 6.71. The number of hydrogen-bond donors (Lipinski definition) is 2. The molecule has 1 atom stereocenters. The Balaban J connectivity index is 1.79. The molecule has 1 aliphatic carbocycles. The van der Waals surface area contributed by atoms with E-state index in [4.69, 9.17) is 0 Å². The van der Waals surface area contributed by atoms with Gasteiger partial charge in [-0.05, 0) is 40.0 Å². The maximum atomic E-state index is 12.1. The molecule has 5 heteroatoms. The van der Waals surface area contributed by atoms with Gasteiger partial charge < -0.3 is 15.5 Å². The van der Waals surface area contributed by atoms with Gasteiger partial charge in [-0.2, -0.15) is 0 Å². The molecule has 0 aromatic rings. The van der Waals surface area contributed by atoms with E-state index in [-0.39, 0.29) is 29.9 Å². The zero-order chi connectivity index (χ0) is 13.3. The molecule has 2 fully saturated rings. The number of carbonyl (C=O) groups is 2. The summed E-state index contributed by atoms with van der Waals surface area (Å²) in [4.78, 5) is 25.5. The van der Waals surface area contributed by atoms with Crippen LogP contribution in [0.5, 0.6) is 0 Å². The fourth-order valence-electron chi connectivity index (χ4n) is 2.22. The van der Waals surface area contributed by atoms with Crippen LogP contribution >= 0.6 is 0 Å². The van der Waals surface area contributed by atoms with Crippen molar-refractivity contribution in [3.8, 4) is 0 Å². The maximum Gasteiger partial charge on any atom is 0.240 e. The van der Waals surface area contributed by atoms with Crippen LogP contribution in [-0.2, 0) is 9.59 Å². The molecule has 2 rings (SSSR count). The van der Waals surface area contributed by atoms with Gasteiger partial charge in [0.25, 0.3) is 0 Å². The lowest BCUT2D eigenvalue weighted by atomic mass is 10.1. The Morgan fingerprint density at radius 1 is 1.33 bits per heavy atom. The fraction of sp³-hybridized carbons (Fsp3) is 0.846. The lowest BCUT2D eigenvalue weighted by molar-refractivity contribution is -0.134. The number of rotatable bonds is 4. The lowest BCUT2D eigenvalue weighted by Gasteiger charge is -2.23. The Hall–Kier alpha value is -1.10.